The van der Waals surface area contributed by atoms with E-state index in [1.165, 1.54) is 87.2 Å². The van der Waals surface area contributed by atoms with Crippen molar-refractivity contribution in [2.24, 2.45) is 0 Å². The van der Waals surface area contributed by atoms with Crippen molar-refractivity contribution in [3.8, 4) is 0 Å². The third kappa shape index (κ3) is 1.97. The number of aromatic amines is 1. The Hall–Kier alpha value is -5.02. The summed E-state index contributed by atoms with van der Waals surface area (Å²) < 4.78 is 5.03. The number of benzene rings is 6. The van der Waals surface area contributed by atoms with Gasteiger partial charge in [0.2, 0.25) is 0 Å². The Balaban J connectivity index is 1.66. The van der Waals surface area contributed by atoms with E-state index in [0.29, 0.717) is 0 Å². The fraction of sp³-hybridized carbons (Fsp3) is 0. The minimum atomic E-state index is 1.18. The molecule has 1 N–H and O–H groups in total. The quantitative estimate of drug-likeness (QED) is 0.214. The van der Waals surface area contributed by atoms with Crippen molar-refractivity contribution in [2.45, 2.75) is 0 Å². The minimum absolute atomic E-state index is 1.18. The summed E-state index contributed by atoms with van der Waals surface area (Å²) >= 11 is 0. The van der Waals surface area contributed by atoms with Gasteiger partial charge in [-0.2, -0.15) is 0 Å². The third-order valence-corrected chi connectivity index (χ3v) is 8.53. The van der Waals surface area contributed by atoms with E-state index in [2.05, 4.69) is 123 Å². The molecule has 0 saturated heterocycles. The molecule has 10 aromatic rings. The van der Waals surface area contributed by atoms with Crippen LogP contribution in [0.3, 0.4) is 0 Å². The maximum atomic E-state index is 3.86. The Bertz CT molecular complexity index is 2570. The largest absolute Gasteiger partial charge is 0.354 e. The number of nitrogens with one attached hydrogen (secondary N) is 1. The van der Waals surface area contributed by atoms with Crippen LogP contribution in [0.2, 0.25) is 0 Å². The smallest absolute Gasteiger partial charge is 0.0810 e. The lowest BCUT2D eigenvalue weighted by molar-refractivity contribution is 1.26. The molecule has 3 heteroatoms. The molecule has 37 heavy (non-hydrogen) atoms. The predicted octanol–water partition coefficient (Wildman–Crippen LogP) is 9.03. The van der Waals surface area contributed by atoms with Crippen LogP contribution < -0.4 is 0 Å². The van der Waals surface area contributed by atoms with Gasteiger partial charge in [-0.15, -0.1) is 0 Å². The monoisotopic (exact) mass is 469 g/mol. The van der Waals surface area contributed by atoms with Gasteiger partial charge in [0.25, 0.3) is 0 Å². The van der Waals surface area contributed by atoms with Crippen LogP contribution in [0.4, 0.5) is 0 Å². The lowest BCUT2D eigenvalue weighted by Gasteiger charge is -2.13. The van der Waals surface area contributed by atoms with Gasteiger partial charge in [-0.25, -0.2) is 0 Å². The Morgan fingerprint density at radius 2 is 1.11 bits per heavy atom. The van der Waals surface area contributed by atoms with Gasteiger partial charge in [0.1, 0.15) is 0 Å². The number of hydrogen-bond donors (Lipinski definition) is 1. The molecule has 0 aliphatic carbocycles. The fourth-order valence-corrected chi connectivity index (χ4v) is 7.11. The van der Waals surface area contributed by atoms with E-state index < -0.39 is 0 Å². The highest BCUT2D eigenvalue weighted by Crippen LogP contribution is 2.45. The molecular weight excluding hydrogens is 450 g/mol. The molecule has 0 saturated carbocycles. The summed E-state index contributed by atoms with van der Waals surface area (Å²) in [5.41, 5.74) is 9.98. The molecule has 0 amide bonds. The second-order valence-electron chi connectivity index (χ2n) is 10.3. The fourth-order valence-electron chi connectivity index (χ4n) is 7.11. The zero-order valence-corrected chi connectivity index (χ0v) is 19.8. The average Bonchev–Trinajstić information content (AvgIpc) is 3.61. The highest BCUT2D eigenvalue weighted by Gasteiger charge is 2.24. The molecule has 6 aromatic carbocycles. The first-order valence-corrected chi connectivity index (χ1v) is 12.8. The number of H-pyrrole nitrogens is 1. The first-order valence-electron chi connectivity index (χ1n) is 12.8. The molecule has 4 heterocycles. The Labute approximate surface area is 210 Å². The predicted molar refractivity (Wildman–Crippen MR) is 156 cm³/mol. The van der Waals surface area contributed by atoms with Crippen LogP contribution in [0.15, 0.2) is 109 Å². The van der Waals surface area contributed by atoms with Crippen LogP contribution in [0.1, 0.15) is 0 Å². The van der Waals surface area contributed by atoms with E-state index >= 15 is 0 Å². The van der Waals surface area contributed by atoms with Gasteiger partial charge in [-0.05, 0) is 29.7 Å². The zero-order valence-electron chi connectivity index (χ0n) is 19.8. The van der Waals surface area contributed by atoms with Gasteiger partial charge in [0.05, 0.1) is 38.6 Å². The number of para-hydroxylation sites is 3. The molecule has 0 bridgehead atoms. The second kappa shape index (κ2) is 6.03. The van der Waals surface area contributed by atoms with Gasteiger partial charge < -0.3 is 13.8 Å². The molecule has 10 rings (SSSR count). The minimum Gasteiger partial charge on any atom is -0.354 e. The van der Waals surface area contributed by atoms with Crippen molar-refractivity contribution in [3.63, 3.8) is 0 Å². The first kappa shape index (κ1) is 18.3. The normalized spacial score (nSPS) is 12.9. The summed E-state index contributed by atoms with van der Waals surface area (Å²) in [7, 11) is 0. The lowest BCUT2D eigenvalue weighted by atomic mass is 10.0. The highest BCUT2D eigenvalue weighted by atomic mass is 15.0. The van der Waals surface area contributed by atoms with E-state index in [4.69, 9.17) is 0 Å². The molecule has 0 spiro atoms. The van der Waals surface area contributed by atoms with Crippen molar-refractivity contribution in [1.82, 2.24) is 13.8 Å². The summed E-state index contributed by atoms with van der Waals surface area (Å²) in [6, 6.07) is 40.0. The molecule has 4 aromatic heterocycles. The van der Waals surface area contributed by atoms with E-state index in [-0.39, 0.29) is 0 Å². The lowest BCUT2D eigenvalue weighted by Crippen LogP contribution is -1.97. The maximum absolute atomic E-state index is 3.86. The average molecular weight is 470 g/mol. The van der Waals surface area contributed by atoms with E-state index in [1.807, 2.05) is 0 Å². The molecule has 0 fully saturated rings. The van der Waals surface area contributed by atoms with Gasteiger partial charge >= 0.3 is 0 Å². The van der Waals surface area contributed by atoms with Crippen molar-refractivity contribution in [3.05, 3.63) is 109 Å². The highest BCUT2D eigenvalue weighted by molar-refractivity contribution is 6.32. The number of fused-ring (bicyclic) bond motifs is 14. The SMILES string of the molecule is c1ccc2c(c1)ccc1c2[nH]c2cc3c4ccccc4n4c5cccc6c7ccccc7n(c65)c(c21)c34. The Kier molecular flexibility index (Phi) is 2.98. The van der Waals surface area contributed by atoms with Crippen LogP contribution in [0.25, 0.3) is 87.2 Å². The maximum Gasteiger partial charge on any atom is 0.0810 e. The summed E-state index contributed by atoms with van der Waals surface area (Å²) in [5, 5.41) is 10.2. The van der Waals surface area contributed by atoms with Crippen molar-refractivity contribution < 1.29 is 0 Å². The van der Waals surface area contributed by atoms with E-state index in [0.717, 1.165) is 0 Å². The van der Waals surface area contributed by atoms with Gasteiger partial charge in [0.15, 0.2) is 0 Å². The second-order valence-corrected chi connectivity index (χ2v) is 10.3. The number of rotatable bonds is 0. The Morgan fingerprint density at radius 1 is 0.432 bits per heavy atom. The molecule has 0 radical (unpaired) electrons. The van der Waals surface area contributed by atoms with Gasteiger partial charge in [0, 0.05) is 43.2 Å². The standard InChI is InChI=1S/C34H19N3/c1-2-9-20-19(8-1)16-17-24-30-26(35-31(20)24)18-25-22-11-4-5-13-27(22)36-29-15-7-12-23-21-10-3-6-14-28(21)37(32(23)29)34(30)33(25)36/h1-18,35H. The van der Waals surface area contributed by atoms with Crippen molar-refractivity contribution >= 4 is 87.2 Å². The molecule has 0 atom stereocenters. The number of aromatic nitrogens is 3. The molecule has 0 unspecified atom stereocenters. The van der Waals surface area contributed by atoms with Crippen molar-refractivity contribution in [1.29, 1.82) is 0 Å². The summed E-state index contributed by atoms with van der Waals surface area (Å²) in [4.78, 5) is 3.86. The summed E-state index contributed by atoms with van der Waals surface area (Å²) in [5.74, 6) is 0. The van der Waals surface area contributed by atoms with Crippen LogP contribution in [-0.2, 0) is 0 Å². The molecular formula is C34H19N3. The topological polar surface area (TPSA) is 24.6 Å². The van der Waals surface area contributed by atoms with Crippen LogP contribution in [0.5, 0.6) is 0 Å². The van der Waals surface area contributed by atoms with Crippen molar-refractivity contribution in [2.75, 3.05) is 0 Å². The number of hydrogen-bond acceptors (Lipinski definition) is 0. The van der Waals surface area contributed by atoms with Crippen LogP contribution in [-0.4, -0.2) is 13.8 Å². The van der Waals surface area contributed by atoms with E-state index in [9.17, 15) is 0 Å². The Morgan fingerprint density at radius 3 is 1.97 bits per heavy atom. The zero-order chi connectivity index (χ0) is 23.8. The molecule has 0 aliphatic rings. The van der Waals surface area contributed by atoms with Crippen LogP contribution in [0, 0.1) is 0 Å². The molecule has 3 nitrogen and oxygen atoms in total. The number of nitrogens with zero attached hydrogens (tertiary/aromatic N) is 2. The molecule has 170 valence electrons. The van der Waals surface area contributed by atoms with Gasteiger partial charge in [-0.1, -0.05) is 84.9 Å². The van der Waals surface area contributed by atoms with Gasteiger partial charge in [-0.3, -0.25) is 0 Å². The first-order chi connectivity index (χ1) is 18.4. The third-order valence-electron chi connectivity index (χ3n) is 8.53. The van der Waals surface area contributed by atoms with Crippen LogP contribution >= 0.6 is 0 Å². The summed E-state index contributed by atoms with van der Waals surface area (Å²) in [6.07, 6.45) is 0. The van der Waals surface area contributed by atoms with E-state index in [1.54, 1.807) is 0 Å². The summed E-state index contributed by atoms with van der Waals surface area (Å²) in [6.45, 7) is 0. The molecule has 0 aliphatic heterocycles.